The molecule has 22 heavy (non-hydrogen) atoms. The summed E-state index contributed by atoms with van der Waals surface area (Å²) >= 11 is 0. The van der Waals surface area contributed by atoms with Gasteiger partial charge in [-0.3, -0.25) is 4.79 Å². The van der Waals surface area contributed by atoms with E-state index in [4.69, 9.17) is 9.47 Å². The molecule has 2 aromatic rings. The van der Waals surface area contributed by atoms with Gasteiger partial charge in [0.05, 0.1) is 0 Å². The molecule has 3 rings (SSSR count). The van der Waals surface area contributed by atoms with Crippen molar-refractivity contribution in [3.63, 3.8) is 0 Å². The fourth-order valence-electron chi connectivity index (χ4n) is 2.33. The molecule has 0 radical (unpaired) electrons. The summed E-state index contributed by atoms with van der Waals surface area (Å²) in [5.41, 5.74) is 1.79. The predicted molar refractivity (Wildman–Crippen MR) is 79.5 cm³/mol. The van der Waals surface area contributed by atoms with Gasteiger partial charge in [0.25, 0.3) is 5.91 Å². The van der Waals surface area contributed by atoms with Crippen LogP contribution >= 0.6 is 0 Å². The first kappa shape index (κ1) is 14.4. The number of carbonyl (C=O) groups excluding carboxylic acids is 1. The van der Waals surface area contributed by atoms with Crippen molar-refractivity contribution in [2.75, 3.05) is 13.8 Å². The van der Waals surface area contributed by atoms with Gasteiger partial charge >= 0.3 is 0 Å². The molecule has 0 saturated heterocycles. The van der Waals surface area contributed by atoms with Crippen molar-refractivity contribution in [1.29, 1.82) is 0 Å². The molecule has 0 atom stereocenters. The molecule has 1 amide bonds. The largest absolute Gasteiger partial charge is 0.454 e. The molecule has 1 aliphatic rings. The Morgan fingerprint density at radius 1 is 1.18 bits per heavy atom. The monoisotopic (exact) mass is 301 g/mol. The average molecular weight is 301 g/mol. The highest BCUT2D eigenvalue weighted by Gasteiger charge is 2.17. The predicted octanol–water partition coefficient (Wildman–Crippen LogP) is 3.14. The SMILES string of the molecule is Cc1ccc(C(=O)N(C)Cc2ccc3c(c2)OCO3)cc1F. The van der Waals surface area contributed by atoms with Gasteiger partial charge in [-0.15, -0.1) is 0 Å². The van der Waals surface area contributed by atoms with Crippen LogP contribution in [-0.2, 0) is 6.54 Å². The van der Waals surface area contributed by atoms with Crippen LogP contribution in [0.5, 0.6) is 11.5 Å². The van der Waals surface area contributed by atoms with Crippen LogP contribution in [0.25, 0.3) is 0 Å². The van der Waals surface area contributed by atoms with Gasteiger partial charge in [0, 0.05) is 19.2 Å². The molecule has 5 heteroatoms. The summed E-state index contributed by atoms with van der Waals surface area (Å²) in [7, 11) is 1.69. The lowest BCUT2D eigenvalue weighted by Gasteiger charge is -2.18. The minimum absolute atomic E-state index is 0.218. The van der Waals surface area contributed by atoms with E-state index in [-0.39, 0.29) is 18.5 Å². The summed E-state index contributed by atoms with van der Waals surface area (Å²) in [5.74, 6) is 0.789. The number of benzene rings is 2. The molecular formula is C17H16FNO3. The fourth-order valence-corrected chi connectivity index (χ4v) is 2.33. The number of fused-ring (bicyclic) bond motifs is 1. The van der Waals surface area contributed by atoms with Crippen molar-refractivity contribution >= 4 is 5.91 Å². The molecule has 0 unspecified atom stereocenters. The van der Waals surface area contributed by atoms with E-state index in [1.165, 1.54) is 6.07 Å². The summed E-state index contributed by atoms with van der Waals surface area (Å²) in [6.45, 7) is 2.29. The second-order valence-corrected chi connectivity index (χ2v) is 5.31. The number of hydrogen-bond acceptors (Lipinski definition) is 3. The zero-order chi connectivity index (χ0) is 15.7. The summed E-state index contributed by atoms with van der Waals surface area (Å²) in [5, 5.41) is 0. The second-order valence-electron chi connectivity index (χ2n) is 5.31. The molecule has 1 heterocycles. The first-order valence-corrected chi connectivity index (χ1v) is 6.95. The van der Waals surface area contributed by atoms with Crippen LogP contribution in [0.4, 0.5) is 4.39 Å². The normalized spacial score (nSPS) is 12.3. The number of rotatable bonds is 3. The maximum Gasteiger partial charge on any atom is 0.253 e. The minimum Gasteiger partial charge on any atom is -0.454 e. The van der Waals surface area contributed by atoms with Crippen molar-refractivity contribution in [3.05, 3.63) is 58.9 Å². The van der Waals surface area contributed by atoms with Gasteiger partial charge in [0.1, 0.15) is 5.82 Å². The van der Waals surface area contributed by atoms with Crippen LogP contribution in [0.3, 0.4) is 0 Å². The molecule has 114 valence electrons. The topological polar surface area (TPSA) is 38.8 Å². The number of amides is 1. The summed E-state index contributed by atoms with van der Waals surface area (Å²) in [6, 6.07) is 10.1. The van der Waals surface area contributed by atoms with Gasteiger partial charge < -0.3 is 14.4 Å². The average Bonchev–Trinajstić information content (AvgIpc) is 2.97. The van der Waals surface area contributed by atoms with Crippen LogP contribution in [0.1, 0.15) is 21.5 Å². The lowest BCUT2D eigenvalue weighted by atomic mass is 10.1. The smallest absolute Gasteiger partial charge is 0.253 e. The zero-order valence-corrected chi connectivity index (χ0v) is 12.4. The van der Waals surface area contributed by atoms with Crippen LogP contribution in [0.15, 0.2) is 36.4 Å². The molecule has 1 aliphatic heterocycles. The molecule has 4 nitrogen and oxygen atoms in total. The van der Waals surface area contributed by atoms with Crippen molar-refractivity contribution in [3.8, 4) is 11.5 Å². The third-order valence-electron chi connectivity index (χ3n) is 3.62. The third-order valence-corrected chi connectivity index (χ3v) is 3.62. The quantitative estimate of drug-likeness (QED) is 0.874. The highest BCUT2D eigenvalue weighted by atomic mass is 19.1. The van der Waals surface area contributed by atoms with Crippen LogP contribution in [0, 0.1) is 12.7 Å². The Morgan fingerprint density at radius 3 is 2.73 bits per heavy atom. The summed E-state index contributed by atoms with van der Waals surface area (Å²) in [6.07, 6.45) is 0. The van der Waals surface area contributed by atoms with Gasteiger partial charge in [-0.1, -0.05) is 12.1 Å². The van der Waals surface area contributed by atoms with Gasteiger partial charge in [-0.25, -0.2) is 4.39 Å². The van der Waals surface area contributed by atoms with Crippen molar-refractivity contribution < 1.29 is 18.7 Å². The van der Waals surface area contributed by atoms with Gasteiger partial charge in [0.15, 0.2) is 11.5 Å². The Labute approximate surface area is 128 Å². The highest BCUT2D eigenvalue weighted by Crippen LogP contribution is 2.32. The van der Waals surface area contributed by atoms with Gasteiger partial charge in [0.2, 0.25) is 6.79 Å². The molecule has 0 aliphatic carbocycles. The Balaban J connectivity index is 1.74. The van der Waals surface area contributed by atoms with E-state index < -0.39 is 0 Å². The Hall–Kier alpha value is -2.56. The standard InChI is InChI=1S/C17H16FNO3/c1-11-3-5-13(8-14(11)18)17(20)19(2)9-12-4-6-15-16(7-12)22-10-21-15/h3-8H,9-10H2,1-2H3. The number of carbonyl (C=O) groups is 1. The number of halogens is 1. The Morgan fingerprint density at radius 2 is 1.95 bits per heavy atom. The molecule has 0 saturated carbocycles. The van der Waals surface area contributed by atoms with Crippen molar-refractivity contribution in [2.24, 2.45) is 0 Å². The van der Waals surface area contributed by atoms with Crippen molar-refractivity contribution in [1.82, 2.24) is 4.90 Å². The highest BCUT2D eigenvalue weighted by molar-refractivity contribution is 5.94. The third kappa shape index (κ3) is 2.74. The van der Waals surface area contributed by atoms with E-state index >= 15 is 0 Å². The van der Waals surface area contributed by atoms with Gasteiger partial charge in [-0.05, 0) is 42.3 Å². The molecular weight excluding hydrogens is 285 g/mol. The van der Waals surface area contributed by atoms with Gasteiger partial charge in [-0.2, -0.15) is 0 Å². The zero-order valence-electron chi connectivity index (χ0n) is 12.4. The molecule has 0 aromatic heterocycles. The molecule has 0 N–H and O–H groups in total. The molecule has 0 fully saturated rings. The Kier molecular flexibility index (Phi) is 3.71. The number of nitrogens with zero attached hydrogens (tertiary/aromatic N) is 1. The van der Waals surface area contributed by atoms with Crippen LogP contribution in [-0.4, -0.2) is 24.6 Å². The molecule has 2 aromatic carbocycles. The first-order chi connectivity index (χ1) is 10.5. The Bertz CT molecular complexity index is 730. The van der Waals surface area contributed by atoms with E-state index in [2.05, 4.69) is 0 Å². The number of aryl methyl sites for hydroxylation is 1. The number of ether oxygens (including phenoxy) is 2. The number of hydrogen-bond donors (Lipinski definition) is 0. The van der Waals surface area contributed by atoms with E-state index in [0.717, 1.165) is 5.56 Å². The molecule has 0 spiro atoms. The fraction of sp³-hybridized carbons (Fsp3) is 0.235. The van der Waals surface area contributed by atoms with E-state index in [1.807, 2.05) is 18.2 Å². The van der Waals surface area contributed by atoms with E-state index in [1.54, 1.807) is 31.0 Å². The lowest BCUT2D eigenvalue weighted by Crippen LogP contribution is -2.26. The first-order valence-electron chi connectivity index (χ1n) is 6.95. The summed E-state index contributed by atoms with van der Waals surface area (Å²) < 4.78 is 24.2. The van der Waals surface area contributed by atoms with Crippen molar-refractivity contribution in [2.45, 2.75) is 13.5 Å². The molecule has 0 bridgehead atoms. The maximum atomic E-state index is 13.6. The van der Waals surface area contributed by atoms with E-state index in [9.17, 15) is 9.18 Å². The second kappa shape index (κ2) is 5.67. The lowest BCUT2D eigenvalue weighted by molar-refractivity contribution is 0.0784. The van der Waals surface area contributed by atoms with Crippen LogP contribution in [0.2, 0.25) is 0 Å². The minimum atomic E-state index is -0.373. The van der Waals surface area contributed by atoms with Crippen LogP contribution < -0.4 is 9.47 Å². The van der Waals surface area contributed by atoms with E-state index in [0.29, 0.717) is 29.2 Å². The summed E-state index contributed by atoms with van der Waals surface area (Å²) in [4.78, 5) is 13.9. The maximum absolute atomic E-state index is 13.6.